The van der Waals surface area contributed by atoms with Crippen LogP contribution in [0.4, 0.5) is 13.2 Å². The Kier molecular flexibility index (Phi) is 6.04. The highest BCUT2D eigenvalue weighted by atomic mass is 19.4. The van der Waals surface area contributed by atoms with Crippen molar-refractivity contribution in [1.82, 2.24) is 4.90 Å². The van der Waals surface area contributed by atoms with Crippen molar-refractivity contribution < 1.29 is 22.7 Å². The van der Waals surface area contributed by atoms with E-state index in [-0.39, 0.29) is 5.91 Å². The van der Waals surface area contributed by atoms with E-state index in [1.54, 1.807) is 0 Å². The van der Waals surface area contributed by atoms with Gasteiger partial charge in [0.05, 0.1) is 12.2 Å². The van der Waals surface area contributed by atoms with Crippen molar-refractivity contribution >= 4 is 5.91 Å². The number of carbonyl (C=O) groups excluding carboxylic acids is 1. The van der Waals surface area contributed by atoms with Crippen molar-refractivity contribution in [3.05, 3.63) is 35.4 Å². The predicted molar refractivity (Wildman–Crippen MR) is 80.9 cm³/mol. The molecule has 1 heterocycles. The molecular weight excluding hydrogens is 307 g/mol. The summed E-state index contributed by atoms with van der Waals surface area (Å²) >= 11 is 0. The summed E-state index contributed by atoms with van der Waals surface area (Å²) < 4.78 is 42.8. The molecule has 1 saturated heterocycles. The number of carbonyl (C=O) groups is 1. The molecule has 1 fully saturated rings. The molecule has 0 bridgehead atoms. The van der Waals surface area contributed by atoms with E-state index in [1.165, 1.54) is 12.1 Å². The first-order valence-corrected chi connectivity index (χ1v) is 7.91. The average Bonchev–Trinajstić information content (AvgIpc) is 3.03. The van der Waals surface area contributed by atoms with Crippen LogP contribution in [0.15, 0.2) is 24.3 Å². The maximum absolute atomic E-state index is 12.5. The first-order chi connectivity index (χ1) is 10.9. The highest BCUT2D eigenvalue weighted by molar-refractivity contribution is 5.76. The van der Waals surface area contributed by atoms with Gasteiger partial charge in [-0.05, 0) is 37.5 Å². The van der Waals surface area contributed by atoms with Crippen LogP contribution < -0.4 is 0 Å². The lowest BCUT2D eigenvalue weighted by Gasteiger charge is -2.23. The number of hydrogen-bond donors (Lipinski definition) is 0. The molecule has 0 radical (unpaired) electrons. The zero-order valence-corrected chi connectivity index (χ0v) is 13.2. The molecule has 6 heteroatoms. The second kappa shape index (κ2) is 7.81. The standard InChI is InChI=1S/C17H22F3NO2/c1-2-21(11-14-9-10-23-12-14)16(22)8-5-13-3-6-15(7-4-13)17(18,19)20/h3-4,6-7,14H,2,5,8-12H2,1H3/t14-/m0/s1. The lowest BCUT2D eigenvalue weighted by molar-refractivity contribution is -0.137. The molecule has 0 spiro atoms. The van der Waals surface area contributed by atoms with Crippen molar-refractivity contribution in [2.45, 2.75) is 32.4 Å². The fraction of sp³-hybridized carbons (Fsp3) is 0.588. The highest BCUT2D eigenvalue weighted by Gasteiger charge is 2.30. The molecule has 0 saturated carbocycles. The zero-order chi connectivity index (χ0) is 16.9. The predicted octanol–water partition coefficient (Wildman–Crippen LogP) is 3.52. The van der Waals surface area contributed by atoms with Gasteiger partial charge in [0.2, 0.25) is 5.91 Å². The van der Waals surface area contributed by atoms with Crippen LogP contribution in [0, 0.1) is 5.92 Å². The van der Waals surface area contributed by atoms with Crippen LogP contribution in [0.25, 0.3) is 0 Å². The molecule has 2 rings (SSSR count). The normalized spacial score (nSPS) is 18.2. The number of hydrogen-bond acceptors (Lipinski definition) is 2. The van der Waals surface area contributed by atoms with Crippen molar-refractivity contribution in [3.8, 4) is 0 Å². The van der Waals surface area contributed by atoms with E-state index in [9.17, 15) is 18.0 Å². The van der Waals surface area contributed by atoms with Crippen molar-refractivity contribution in [1.29, 1.82) is 0 Å². The number of alkyl halides is 3. The zero-order valence-electron chi connectivity index (χ0n) is 13.2. The summed E-state index contributed by atoms with van der Waals surface area (Å²) in [5.41, 5.74) is 0.0793. The molecule has 1 aliphatic heterocycles. The highest BCUT2D eigenvalue weighted by Crippen LogP contribution is 2.29. The Bertz CT molecular complexity index is 508. The number of amides is 1. The molecule has 128 valence electrons. The average molecular weight is 329 g/mol. The largest absolute Gasteiger partial charge is 0.416 e. The van der Waals surface area contributed by atoms with Gasteiger partial charge in [0, 0.05) is 32.0 Å². The minimum absolute atomic E-state index is 0.0410. The van der Waals surface area contributed by atoms with Crippen molar-refractivity contribution in [2.75, 3.05) is 26.3 Å². The molecule has 1 amide bonds. The third kappa shape index (κ3) is 5.23. The van der Waals surface area contributed by atoms with Gasteiger partial charge in [-0.15, -0.1) is 0 Å². The van der Waals surface area contributed by atoms with E-state index >= 15 is 0 Å². The number of ether oxygens (including phenoxy) is 1. The van der Waals surface area contributed by atoms with Crippen LogP contribution in [0.5, 0.6) is 0 Å². The van der Waals surface area contributed by atoms with E-state index in [0.717, 1.165) is 30.7 Å². The number of nitrogens with zero attached hydrogens (tertiary/aromatic N) is 1. The van der Waals surface area contributed by atoms with Gasteiger partial charge >= 0.3 is 6.18 Å². The minimum atomic E-state index is -4.32. The maximum atomic E-state index is 12.5. The summed E-state index contributed by atoms with van der Waals surface area (Å²) in [4.78, 5) is 14.1. The first kappa shape index (κ1) is 17.8. The summed E-state index contributed by atoms with van der Waals surface area (Å²) in [5.74, 6) is 0.435. The molecule has 3 nitrogen and oxygen atoms in total. The lowest BCUT2D eigenvalue weighted by atomic mass is 10.1. The molecule has 0 N–H and O–H groups in total. The number of halogens is 3. The van der Waals surface area contributed by atoms with E-state index in [2.05, 4.69) is 0 Å². The lowest BCUT2D eigenvalue weighted by Crippen LogP contribution is -2.35. The topological polar surface area (TPSA) is 29.5 Å². The molecule has 1 aromatic carbocycles. The van der Waals surface area contributed by atoms with Crippen LogP contribution in [0.3, 0.4) is 0 Å². The maximum Gasteiger partial charge on any atom is 0.416 e. The van der Waals surface area contributed by atoms with Crippen LogP contribution in [-0.4, -0.2) is 37.1 Å². The number of rotatable bonds is 6. The molecule has 1 aliphatic rings. The van der Waals surface area contributed by atoms with Gasteiger partial charge in [-0.2, -0.15) is 13.2 Å². The summed E-state index contributed by atoms with van der Waals surface area (Å²) in [7, 11) is 0. The number of aryl methyl sites for hydroxylation is 1. The molecule has 0 aliphatic carbocycles. The second-order valence-corrected chi connectivity index (χ2v) is 5.86. The first-order valence-electron chi connectivity index (χ1n) is 7.91. The molecule has 0 aromatic heterocycles. The molecule has 0 unspecified atom stereocenters. The fourth-order valence-corrected chi connectivity index (χ4v) is 2.72. The van der Waals surface area contributed by atoms with Gasteiger partial charge in [-0.1, -0.05) is 12.1 Å². The molecular formula is C17H22F3NO2. The van der Waals surface area contributed by atoms with E-state index in [1.807, 2.05) is 11.8 Å². The van der Waals surface area contributed by atoms with Gasteiger partial charge < -0.3 is 9.64 Å². The van der Waals surface area contributed by atoms with Gasteiger partial charge in [-0.25, -0.2) is 0 Å². The van der Waals surface area contributed by atoms with Gasteiger partial charge in [0.15, 0.2) is 0 Å². The van der Waals surface area contributed by atoms with Crippen LogP contribution in [0.2, 0.25) is 0 Å². The summed E-state index contributed by atoms with van der Waals surface area (Å²) in [6.07, 6.45) is -2.58. The molecule has 23 heavy (non-hydrogen) atoms. The van der Waals surface area contributed by atoms with E-state index in [4.69, 9.17) is 4.74 Å². The van der Waals surface area contributed by atoms with Gasteiger partial charge in [0.25, 0.3) is 0 Å². The third-order valence-electron chi connectivity index (χ3n) is 4.15. The van der Waals surface area contributed by atoms with Crippen LogP contribution in [0.1, 0.15) is 30.9 Å². The van der Waals surface area contributed by atoms with E-state index in [0.29, 0.717) is 38.5 Å². The number of benzene rings is 1. The van der Waals surface area contributed by atoms with Crippen LogP contribution >= 0.6 is 0 Å². The Morgan fingerprint density at radius 1 is 1.30 bits per heavy atom. The summed E-state index contributed by atoms with van der Waals surface area (Å²) in [6, 6.07) is 5.01. The molecule has 1 atom stereocenters. The minimum Gasteiger partial charge on any atom is -0.381 e. The fourth-order valence-electron chi connectivity index (χ4n) is 2.72. The quantitative estimate of drug-likeness (QED) is 0.799. The van der Waals surface area contributed by atoms with E-state index < -0.39 is 11.7 Å². The van der Waals surface area contributed by atoms with Crippen molar-refractivity contribution in [3.63, 3.8) is 0 Å². The Hall–Kier alpha value is -1.56. The Morgan fingerprint density at radius 2 is 2.00 bits per heavy atom. The molecule has 1 aromatic rings. The Balaban J connectivity index is 1.84. The van der Waals surface area contributed by atoms with Gasteiger partial charge in [-0.3, -0.25) is 4.79 Å². The SMILES string of the molecule is CCN(C[C@@H]1CCOC1)C(=O)CCc1ccc(C(F)(F)F)cc1. The van der Waals surface area contributed by atoms with Crippen LogP contribution in [-0.2, 0) is 22.1 Å². The summed E-state index contributed by atoms with van der Waals surface area (Å²) in [5, 5.41) is 0. The monoisotopic (exact) mass is 329 g/mol. The second-order valence-electron chi connectivity index (χ2n) is 5.86. The van der Waals surface area contributed by atoms with Gasteiger partial charge in [0.1, 0.15) is 0 Å². The Labute approximate surface area is 134 Å². The Morgan fingerprint density at radius 3 is 2.52 bits per heavy atom. The van der Waals surface area contributed by atoms with Crippen molar-refractivity contribution in [2.24, 2.45) is 5.92 Å². The smallest absolute Gasteiger partial charge is 0.381 e. The summed E-state index contributed by atoms with van der Waals surface area (Å²) in [6.45, 7) is 4.72. The third-order valence-corrected chi connectivity index (χ3v) is 4.15.